The first-order valence-corrected chi connectivity index (χ1v) is 10.8. The minimum atomic E-state index is -0.578. The van der Waals surface area contributed by atoms with E-state index in [1.807, 2.05) is 45.0 Å². The zero-order valence-corrected chi connectivity index (χ0v) is 17.9. The van der Waals surface area contributed by atoms with Gasteiger partial charge in [-0.1, -0.05) is 75.1 Å². The van der Waals surface area contributed by atoms with Gasteiger partial charge in [-0.25, -0.2) is 0 Å². The Balaban J connectivity index is 2.03. The summed E-state index contributed by atoms with van der Waals surface area (Å²) in [6, 6.07) is 7.41. The van der Waals surface area contributed by atoms with Crippen molar-refractivity contribution in [3.05, 3.63) is 29.8 Å². The highest BCUT2D eigenvalue weighted by Crippen LogP contribution is 2.27. The Morgan fingerprint density at radius 1 is 1.18 bits per heavy atom. The molecule has 0 saturated heterocycles. The van der Waals surface area contributed by atoms with E-state index in [-0.39, 0.29) is 17.7 Å². The second-order valence-corrected chi connectivity index (χ2v) is 8.14. The monoisotopic (exact) mass is 402 g/mol. The number of hydrogen-bond donors (Lipinski definition) is 2. The van der Waals surface area contributed by atoms with Crippen LogP contribution in [0.4, 0.5) is 5.13 Å². The number of amides is 2. The number of aromatic nitrogens is 2. The fraction of sp³-hybridized carbons (Fsp3) is 0.524. The van der Waals surface area contributed by atoms with Gasteiger partial charge in [0.2, 0.25) is 16.9 Å². The maximum Gasteiger partial charge on any atom is 0.249 e. The van der Waals surface area contributed by atoms with Crippen LogP contribution in [0.1, 0.15) is 58.4 Å². The molecule has 0 aliphatic rings. The number of hydrogen-bond acceptors (Lipinski definition) is 5. The molecular formula is C21H30N4O2S. The molecule has 2 rings (SSSR count). The summed E-state index contributed by atoms with van der Waals surface area (Å²) in [5.41, 5.74) is 2.11. The smallest absolute Gasteiger partial charge is 0.249 e. The Labute approximate surface area is 171 Å². The van der Waals surface area contributed by atoms with Crippen LogP contribution in [0.5, 0.6) is 0 Å². The molecule has 0 saturated carbocycles. The highest BCUT2D eigenvalue weighted by Gasteiger charge is 2.26. The van der Waals surface area contributed by atoms with Crippen LogP contribution in [0.3, 0.4) is 0 Å². The molecule has 2 amide bonds. The van der Waals surface area contributed by atoms with E-state index >= 15 is 0 Å². The van der Waals surface area contributed by atoms with Crippen molar-refractivity contribution in [3.8, 4) is 10.6 Å². The van der Waals surface area contributed by atoms with Gasteiger partial charge in [-0.2, -0.15) is 0 Å². The van der Waals surface area contributed by atoms with Crippen molar-refractivity contribution >= 4 is 28.3 Å². The van der Waals surface area contributed by atoms with Crippen LogP contribution in [0.2, 0.25) is 0 Å². The van der Waals surface area contributed by atoms with Gasteiger partial charge in [0.15, 0.2) is 0 Å². The molecule has 6 nitrogen and oxygen atoms in total. The van der Waals surface area contributed by atoms with E-state index < -0.39 is 6.04 Å². The summed E-state index contributed by atoms with van der Waals surface area (Å²) in [5.74, 6) is -0.295. The predicted molar refractivity (Wildman–Crippen MR) is 114 cm³/mol. The first-order chi connectivity index (χ1) is 13.4. The zero-order chi connectivity index (χ0) is 20.5. The molecule has 0 radical (unpaired) electrons. The Bertz CT molecular complexity index is 790. The lowest BCUT2D eigenvalue weighted by Gasteiger charge is -2.23. The molecule has 0 fully saturated rings. The van der Waals surface area contributed by atoms with Crippen LogP contribution in [0.25, 0.3) is 10.6 Å². The van der Waals surface area contributed by atoms with Crippen LogP contribution >= 0.6 is 11.3 Å². The molecule has 7 heteroatoms. The molecule has 28 heavy (non-hydrogen) atoms. The van der Waals surface area contributed by atoms with E-state index in [1.165, 1.54) is 11.3 Å². The topological polar surface area (TPSA) is 84.0 Å². The first-order valence-electron chi connectivity index (χ1n) is 9.95. The number of anilines is 1. The van der Waals surface area contributed by atoms with Gasteiger partial charge in [-0.3, -0.25) is 14.9 Å². The normalized spacial score (nSPS) is 13.0. The molecule has 0 bridgehead atoms. The summed E-state index contributed by atoms with van der Waals surface area (Å²) < 4.78 is 0. The number of carbonyl (C=O) groups is 2. The molecule has 0 aliphatic heterocycles. The van der Waals surface area contributed by atoms with Gasteiger partial charge in [0.25, 0.3) is 0 Å². The van der Waals surface area contributed by atoms with Crippen molar-refractivity contribution in [2.45, 2.75) is 65.8 Å². The quantitative estimate of drug-likeness (QED) is 0.571. The maximum absolute atomic E-state index is 12.8. The first kappa shape index (κ1) is 22.0. The van der Waals surface area contributed by atoms with E-state index in [9.17, 15) is 9.59 Å². The maximum atomic E-state index is 12.8. The van der Waals surface area contributed by atoms with Gasteiger partial charge in [-0.05, 0) is 25.3 Å². The summed E-state index contributed by atoms with van der Waals surface area (Å²) in [7, 11) is 0. The second-order valence-electron chi connectivity index (χ2n) is 7.16. The molecule has 1 aromatic heterocycles. The average Bonchev–Trinajstić information content (AvgIpc) is 3.14. The van der Waals surface area contributed by atoms with E-state index in [1.54, 1.807) is 0 Å². The average molecular weight is 403 g/mol. The molecule has 152 valence electrons. The molecule has 2 aromatic rings. The number of carbonyl (C=O) groups excluding carboxylic acids is 2. The minimum Gasteiger partial charge on any atom is -0.344 e. The lowest BCUT2D eigenvalue weighted by atomic mass is 9.98. The summed E-state index contributed by atoms with van der Waals surface area (Å²) in [6.07, 6.45) is 4.15. The summed E-state index contributed by atoms with van der Waals surface area (Å²) in [4.78, 5) is 25.0. The standard InChI is InChI=1S/C21H30N4O2S/c1-5-7-8-12-17(26)22-18(15(4)6-2)19(27)23-21-25-24-20(28-21)16-11-9-10-14(3)13-16/h9-11,13,15,18H,5-8,12H2,1-4H3,(H,22,26)(H,23,25,27)/t15-,18+/m1/s1. The van der Waals surface area contributed by atoms with E-state index in [0.717, 1.165) is 41.8 Å². The van der Waals surface area contributed by atoms with Crippen LogP contribution < -0.4 is 10.6 Å². The van der Waals surface area contributed by atoms with Gasteiger partial charge in [0.1, 0.15) is 11.0 Å². The van der Waals surface area contributed by atoms with E-state index in [2.05, 4.69) is 27.8 Å². The SMILES string of the molecule is CCCCCC(=O)N[C@H](C(=O)Nc1nnc(-c2cccc(C)c2)s1)[C@H](C)CC. The van der Waals surface area contributed by atoms with Gasteiger partial charge < -0.3 is 5.32 Å². The highest BCUT2D eigenvalue weighted by atomic mass is 32.1. The Kier molecular flexibility index (Phi) is 8.57. The molecule has 0 unspecified atom stereocenters. The molecular weight excluding hydrogens is 372 g/mol. The predicted octanol–water partition coefficient (Wildman–Crippen LogP) is 4.56. The highest BCUT2D eigenvalue weighted by molar-refractivity contribution is 7.18. The lowest BCUT2D eigenvalue weighted by molar-refractivity contribution is -0.127. The number of aryl methyl sites for hydroxylation is 1. The van der Waals surface area contributed by atoms with Gasteiger partial charge >= 0.3 is 0 Å². The third kappa shape index (κ3) is 6.41. The fourth-order valence-electron chi connectivity index (χ4n) is 2.83. The van der Waals surface area contributed by atoms with Crippen molar-refractivity contribution in [1.82, 2.24) is 15.5 Å². The van der Waals surface area contributed by atoms with Crippen LogP contribution in [0, 0.1) is 12.8 Å². The molecule has 2 N–H and O–H groups in total. The Hall–Kier alpha value is -2.28. The van der Waals surface area contributed by atoms with Crippen LogP contribution in [-0.2, 0) is 9.59 Å². The molecule has 2 atom stereocenters. The van der Waals surface area contributed by atoms with Crippen molar-refractivity contribution < 1.29 is 9.59 Å². The summed E-state index contributed by atoms with van der Waals surface area (Å²) >= 11 is 1.33. The number of nitrogens with one attached hydrogen (secondary N) is 2. The van der Waals surface area contributed by atoms with Gasteiger partial charge in [0.05, 0.1) is 0 Å². The lowest BCUT2D eigenvalue weighted by Crippen LogP contribution is -2.47. The largest absolute Gasteiger partial charge is 0.344 e. The van der Waals surface area contributed by atoms with E-state index in [0.29, 0.717) is 11.6 Å². The number of unbranched alkanes of at least 4 members (excludes halogenated alkanes) is 2. The van der Waals surface area contributed by atoms with Gasteiger partial charge in [0, 0.05) is 12.0 Å². The third-order valence-electron chi connectivity index (χ3n) is 4.74. The minimum absolute atomic E-state index is 0.0271. The van der Waals surface area contributed by atoms with Gasteiger partial charge in [-0.15, -0.1) is 10.2 Å². The Morgan fingerprint density at radius 3 is 2.64 bits per heavy atom. The molecule has 1 aromatic carbocycles. The van der Waals surface area contributed by atoms with Crippen molar-refractivity contribution in [2.24, 2.45) is 5.92 Å². The fourth-order valence-corrected chi connectivity index (χ4v) is 3.58. The van der Waals surface area contributed by atoms with Crippen molar-refractivity contribution in [2.75, 3.05) is 5.32 Å². The molecule has 1 heterocycles. The van der Waals surface area contributed by atoms with E-state index in [4.69, 9.17) is 0 Å². The number of nitrogens with zero attached hydrogens (tertiary/aromatic N) is 2. The molecule has 0 aliphatic carbocycles. The third-order valence-corrected chi connectivity index (χ3v) is 5.63. The number of rotatable bonds is 10. The summed E-state index contributed by atoms with van der Waals surface area (Å²) in [6.45, 7) is 8.09. The van der Waals surface area contributed by atoms with Crippen LogP contribution in [0.15, 0.2) is 24.3 Å². The van der Waals surface area contributed by atoms with Crippen LogP contribution in [-0.4, -0.2) is 28.1 Å². The van der Waals surface area contributed by atoms with Crippen molar-refractivity contribution in [1.29, 1.82) is 0 Å². The second kappa shape index (κ2) is 10.9. The molecule has 0 spiro atoms. The summed E-state index contributed by atoms with van der Waals surface area (Å²) in [5, 5.41) is 15.2. The Morgan fingerprint density at radius 2 is 1.96 bits per heavy atom. The number of benzene rings is 1. The van der Waals surface area contributed by atoms with Crippen molar-refractivity contribution in [3.63, 3.8) is 0 Å². The zero-order valence-electron chi connectivity index (χ0n) is 17.1.